The van der Waals surface area contributed by atoms with E-state index < -0.39 is 48.5 Å². The first kappa shape index (κ1) is 31.2. The SMILES string of the molecule is CC(C)[C@@H](C)/C=C/[C@@H](C)[C@H]1CC[C@H]2[C@]1(C)CC[C@H]1[C@]23C=C[C@]2(C[C@@H](O[C@H]4O[C@@H](CO)[C@H](O)[C@@H](O)[C@H]4O)CC[C@]12C)OO3. The maximum Gasteiger partial charge on any atom is 0.186 e. The van der Waals surface area contributed by atoms with Gasteiger partial charge in [-0.2, -0.15) is 0 Å². The molecule has 0 aromatic heterocycles. The molecule has 0 unspecified atom stereocenters. The fourth-order valence-corrected chi connectivity index (χ4v) is 10.2. The fraction of sp³-hybridized carbons (Fsp3) is 0.882. The highest BCUT2D eigenvalue weighted by Gasteiger charge is 2.74. The van der Waals surface area contributed by atoms with Gasteiger partial charge in [0.25, 0.3) is 0 Å². The van der Waals surface area contributed by atoms with Crippen LogP contribution in [0.25, 0.3) is 0 Å². The van der Waals surface area contributed by atoms with Crippen LogP contribution in [0.4, 0.5) is 0 Å². The van der Waals surface area contributed by atoms with Crippen LogP contribution in [-0.4, -0.2) is 75.0 Å². The summed E-state index contributed by atoms with van der Waals surface area (Å²) in [4.78, 5) is 13.1. The van der Waals surface area contributed by atoms with Crippen molar-refractivity contribution in [1.82, 2.24) is 0 Å². The highest BCUT2D eigenvalue weighted by atomic mass is 17.2. The van der Waals surface area contributed by atoms with E-state index in [1.807, 2.05) is 0 Å². The molecular formula is C34H54O8. The molecule has 5 fully saturated rings. The Morgan fingerprint density at radius 3 is 2.31 bits per heavy atom. The molecule has 238 valence electrons. The van der Waals surface area contributed by atoms with Gasteiger partial charge in [0, 0.05) is 23.7 Å². The van der Waals surface area contributed by atoms with Crippen LogP contribution in [0.1, 0.15) is 86.5 Å². The number of hydrogen-bond acceptors (Lipinski definition) is 8. The molecule has 2 spiro atoms. The van der Waals surface area contributed by atoms with E-state index in [4.69, 9.17) is 19.2 Å². The van der Waals surface area contributed by atoms with Crippen molar-refractivity contribution < 1.29 is 39.7 Å². The fourth-order valence-electron chi connectivity index (χ4n) is 10.2. The third kappa shape index (κ3) is 4.45. The van der Waals surface area contributed by atoms with E-state index >= 15 is 0 Å². The molecule has 8 nitrogen and oxygen atoms in total. The van der Waals surface area contributed by atoms with Crippen molar-refractivity contribution in [1.29, 1.82) is 0 Å². The Kier molecular flexibility index (Phi) is 8.09. The van der Waals surface area contributed by atoms with E-state index in [1.165, 1.54) is 12.8 Å². The molecule has 42 heavy (non-hydrogen) atoms. The highest BCUT2D eigenvalue weighted by Crippen LogP contribution is 2.73. The van der Waals surface area contributed by atoms with Crippen molar-refractivity contribution in [3.8, 4) is 0 Å². The second-order valence-corrected chi connectivity index (χ2v) is 15.5. The summed E-state index contributed by atoms with van der Waals surface area (Å²) < 4.78 is 11.9. The molecule has 3 heterocycles. The molecule has 4 aliphatic carbocycles. The molecule has 4 N–H and O–H groups in total. The van der Waals surface area contributed by atoms with Gasteiger partial charge in [-0.3, -0.25) is 0 Å². The van der Waals surface area contributed by atoms with Gasteiger partial charge in [-0.1, -0.05) is 59.8 Å². The van der Waals surface area contributed by atoms with Crippen molar-refractivity contribution in [2.75, 3.05) is 6.61 Å². The summed E-state index contributed by atoms with van der Waals surface area (Å²) in [5.74, 6) is 3.12. The summed E-state index contributed by atoms with van der Waals surface area (Å²) in [5, 5.41) is 40.6. The zero-order valence-corrected chi connectivity index (χ0v) is 26.3. The van der Waals surface area contributed by atoms with Gasteiger partial charge < -0.3 is 29.9 Å². The summed E-state index contributed by atoms with van der Waals surface area (Å²) in [7, 11) is 0. The first-order valence-corrected chi connectivity index (χ1v) is 16.5. The van der Waals surface area contributed by atoms with Crippen LogP contribution in [0, 0.1) is 46.3 Å². The van der Waals surface area contributed by atoms with E-state index in [-0.39, 0.29) is 16.9 Å². The van der Waals surface area contributed by atoms with Crippen molar-refractivity contribution in [2.45, 2.75) is 135 Å². The molecule has 3 aliphatic heterocycles. The lowest BCUT2D eigenvalue weighted by Gasteiger charge is -2.69. The van der Waals surface area contributed by atoms with Gasteiger partial charge in [0.1, 0.15) is 35.6 Å². The summed E-state index contributed by atoms with van der Waals surface area (Å²) in [6, 6.07) is 0. The standard InChI is InChI=1S/C34H54O8/c1-19(2)20(3)7-8-21(4)23-9-10-25-31(23,5)13-12-26-32(6)14-11-22(17-33(32)15-16-34(25,26)42-41-33)39-30-29(38)28(37)27(36)24(18-35)40-30/h7-8,15-16,19-30,35-38H,9-14,17-18H2,1-6H3/b8-7+/t20-,21+,22-,23+,24-,25-,26+,27-,28+,29+,30-,31+,32+,33+,34-/m0/s1. The van der Waals surface area contributed by atoms with E-state index in [2.05, 4.69) is 65.8 Å². The molecule has 8 heteroatoms. The topological polar surface area (TPSA) is 118 Å². The average molecular weight is 591 g/mol. The highest BCUT2D eigenvalue weighted by molar-refractivity contribution is 5.33. The Labute approximate surface area is 251 Å². The van der Waals surface area contributed by atoms with Crippen molar-refractivity contribution >= 4 is 0 Å². The van der Waals surface area contributed by atoms with Crippen LogP contribution in [0.3, 0.4) is 0 Å². The monoisotopic (exact) mass is 590 g/mol. The van der Waals surface area contributed by atoms with Crippen molar-refractivity contribution in [3.63, 3.8) is 0 Å². The van der Waals surface area contributed by atoms with Crippen LogP contribution in [0.5, 0.6) is 0 Å². The number of fused-ring (bicyclic) bond motifs is 2. The zero-order valence-electron chi connectivity index (χ0n) is 26.3. The van der Waals surface area contributed by atoms with Gasteiger partial charge in [-0.15, -0.1) is 0 Å². The summed E-state index contributed by atoms with van der Waals surface area (Å²) in [6.45, 7) is 13.7. The molecule has 15 atom stereocenters. The Morgan fingerprint density at radius 2 is 1.64 bits per heavy atom. The van der Waals surface area contributed by atoms with E-state index in [0.717, 1.165) is 25.7 Å². The maximum absolute atomic E-state index is 10.6. The van der Waals surface area contributed by atoms with E-state index in [1.54, 1.807) is 0 Å². The molecule has 2 saturated heterocycles. The largest absolute Gasteiger partial charge is 0.394 e. The van der Waals surface area contributed by atoms with Crippen molar-refractivity contribution in [2.24, 2.45) is 46.3 Å². The minimum Gasteiger partial charge on any atom is -0.394 e. The summed E-state index contributed by atoms with van der Waals surface area (Å²) in [6.07, 6.45) is 9.63. The predicted octanol–water partition coefficient (Wildman–Crippen LogP) is 4.30. The first-order valence-electron chi connectivity index (χ1n) is 16.5. The lowest BCUT2D eigenvalue weighted by atomic mass is 9.42. The maximum atomic E-state index is 10.6. The van der Waals surface area contributed by atoms with Gasteiger partial charge in [-0.25, -0.2) is 9.78 Å². The Morgan fingerprint density at radius 1 is 0.881 bits per heavy atom. The van der Waals surface area contributed by atoms with Gasteiger partial charge in [0.15, 0.2) is 6.29 Å². The second-order valence-electron chi connectivity index (χ2n) is 15.5. The number of allylic oxidation sites excluding steroid dienone is 2. The summed E-state index contributed by atoms with van der Waals surface area (Å²) in [5.41, 5.74) is -0.998. The Balaban J connectivity index is 1.21. The average Bonchev–Trinajstić information content (AvgIpc) is 3.33. The lowest BCUT2D eigenvalue weighted by Crippen LogP contribution is -2.73. The third-order valence-corrected chi connectivity index (χ3v) is 13.3. The number of hydrogen-bond donors (Lipinski definition) is 4. The lowest BCUT2D eigenvalue weighted by molar-refractivity contribution is -0.499. The summed E-state index contributed by atoms with van der Waals surface area (Å²) >= 11 is 0. The number of ether oxygens (including phenoxy) is 2. The molecule has 7 aliphatic rings. The van der Waals surface area contributed by atoms with Crippen LogP contribution in [0.15, 0.2) is 24.3 Å². The molecule has 0 aromatic rings. The smallest absolute Gasteiger partial charge is 0.186 e. The molecular weight excluding hydrogens is 536 g/mol. The number of rotatable bonds is 7. The Bertz CT molecular complexity index is 1060. The third-order valence-electron chi connectivity index (χ3n) is 13.3. The molecule has 0 amide bonds. The zero-order chi connectivity index (χ0) is 30.2. The first-order chi connectivity index (χ1) is 19.8. The molecule has 2 bridgehead atoms. The van der Waals surface area contributed by atoms with E-state index in [0.29, 0.717) is 41.9 Å². The van der Waals surface area contributed by atoms with Gasteiger partial charge in [0.05, 0.1) is 12.7 Å². The van der Waals surface area contributed by atoms with E-state index in [9.17, 15) is 20.4 Å². The van der Waals surface area contributed by atoms with Gasteiger partial charge in [-0.05, 0) is 73.7 Å². The molecule has 7 rings (SSSR count). The van der Waals surface area contributed by atoms with Gasteiger partial charge in [0.2, 0.25) is 0 Å². The van der Waals surface area contributed by atoms with Gasteiger partial charge >= 0.3 is 0 Å². The normalized spacial score (nSPS) is 53.2. The van der Waals surface area contributed by atoms with Crippen LogP contribution in [-0.2, 0) is 19.2 Å². The minimum atomic E-state index is -1.46. The van der Waals surface area contributed by atoms with Crippen LogP contribution >= 0.6 is 0 Å². The number of aliphatic hydroxyl groups is 4. The predicted molar refractivity (Wildman–Crippen MR) is 157 cm³/mol. The minimum absolute atomic E-state index is 0.118. The Hall–Kier alpha value is -0.840. The molecule has 3 saturated carbocycles. The second kappa shape index (κ2) is 10.9. The van der Waals surface area contributed by atoms with Crippen LogP contribution in [0.2, 0.25) is 0 Å². The quantitative estimate of drug-likeness (QED) is 0.256. The van der Waals surface area contributed by atoms with Crippen LogP contribution < -0.4 is 0 Å². The molecule has 0 aromatic carbocycles. The van der Waals surface area contributed by atoms with Crippen molar-refractivity contribution in [3.05, 3.63) is 24.3 Å². The number of aliphatic hydroxyl groups excluding tert-OH is 4. The molecule has 0 radical (unpaired) electrons.